The van der Waals surface area contributed by atoms with Crippen molar-refractivity contribution in [3.63, 3.8) is 0 Å². The third-order valence-electron chi connectivity index (χ3n) is 3.43. The highest BCUT2D eigenvalue weighted by Crippen LogP contribution is 2.35. The Hall–Kier alpha value is -2.74. The molecule has 0 bridgehead atoms. The molecular formula is C16H11ClN4O4S2. The van der Waals surface area contributed by atoms with Gasteiger partial charge in [-0.2, -0.15) is 5.26 Å². The number of nitriles is 1. The van der Waals surface area contributed by atoms with Gasteiger partial charge in [0.25, 0.3) is 5.56 Å². The number of anilines is 1. The highest BCUT2D eigenvalue weighted by atomic mass is 35.5. The molecule has 2 aromatic heterocycles. The number of H-pyrrole nitrogens is 2. The topological polar surface area (TPSA) is 128 Å². The number of benzene rings is 1. The van der Waals surface area contributed by atoms with E-state index in [9.17, 15) is 19.6 Å². The van der Waals surface area contributed by atoms with Crippen molar-refractivity contribution in [1.29, 1.82) is 5.26 Å². The van der Waals surface area contributed by atoms with Gasteiger partial charge in [0.2, 0.25) is 5.91 Å². The molecule has 3 rings (SSSR count). The number of carbonyl (C=O) groups excluding carboxylic acids is 1. The number of carbonyl (C=O) groups is 1. The zero-order chi connectivity index (χ0) is 19.6. The van der Waals surface area contributed by atoms with E-state index in [1.165, 1.54) is 7.11 Å². The van der Waals surface area contributed by atoms with Crippen molar-refractivity contribution in [2.45, 2.75) is 4.21 Å². The van der Waals surface area contributed by atoms with Crippen LogP contribution in [-0.2, 0) is 4.79 Å². The molecule has 1 aromatic carbocycles. The van der Waals surface area contributed by atoms with Crippen molar-refractivity contribution in [2.24, 2.45) is 0 Å². The van der Waals surface area contributed by atoms with Crippen LogP contribution >= 0.6 is 34.7 Å². The molecule has 1 amide bonds. The number of halogens is 1. The van der Waals surface area contributed by atoms with Crippen LogP contribution in [-0.4, -0.2) is 28.7 Å². The summed E-state index contributed by atoms with van der Waals surface area (Å²) in [5.41, 5.74) is -0.500. The third kappa shape index (κ3) is 4.00. The van der Waals surface area contributed by atoms with Crippen molar-refractivity contribution >= 4 is 56.5 Å². The van der Waals surface area contributed by atoms with Crippen LogP contribution in [0.1, 0.15) is 5.56 Å². The van der Waals surface area contributed by atoms with Crippen molar-refractivity contribution in [3.8, 4) is 11.8 Å². The minimum atomic E-state index is -0.691. The van der Waals surface area contributed by atoms with Gasteiger partial charge in [-0.1, -0.05) is 11.6 Å². The van der Waals surface area contributed by atoms with Crippen LogP contribution in [0, 0.1) is 11.3 Å². The minimum absolute atomic E-state index is 0.0146. The van der Waals surface area contributed by atoms with E-state index in [-0.39, 0.29) is 27.4 Å². The van der Waals surface area contributed by atoms with E-state index in [4.69, 9.17) is 16.3 Å². The van der Waals surface area contributed by atoms with Crippen LogP contribution in [0.4, 0.5) is 5.69 Å². The number of methoxy groups -OCH3 is 1. The molecule has 0 saturated heterocycles. The maximum atomic E-state index is 12.3. The van der Waals surface area contributed by atoms with Gasteiger partial charge in [0, 0.05) is 5.02 Å². The van der Waals surface area contributed by atoms with E-state index in [2.05, 4.69) is 15.3 Å². The quantitative estimate of drug-likeness (QED) is 0.542. The Morgan fingerprint density at radius 2 is 2.19 bits per heavy atom. The summed E-state index contributed by atoms with van der Waals surface area (Å²) in [4.78, 5) is 40.1. The monoisotopic (exact) mass is 422 g/mol. The second-order valence-electron chi connectivity index (χ2n) is 5.17. The van der Waals surface area contributed by atoms with Crippen molar-refractivity contribution in [2.75, 3.05) is 18.2 Å². The first-order chi connectivity index (χ1) is 12.9. The Kier molecular flexibility index (Phi) is 5.55. The molecule has 3 aromatic rings. The lowest BCUT2D eigenvalue weighted by Gasteiger charge is -2.10. The van der Waals surface area contributed by atoms with Gasteiger partial charge in [0.05, 0.1) is 28.3 Å². The number of nitrogens with zero attached hydrogens (tertiary/aromatic N) is 1. The average molecular weight is 423 g/mol. The lowest BCUT2D eigenvalue weighted by molar-refractivity contribution is -0.113. The number of thiophene rings is 1. The highest BCUT2D eigenvalue weighted by Gasteiger charge is 2.17. The van der Waals surface area contributed by atoms with E-state index in [1.807, 2.05) is 6.07 Å². The summed E-state index contributed by atoms with van der Waals surface area (Å²) >= 11 is 8.07. The summed E-state index contributed by atoms with van der Waals surface area (Å²) in [6, 6.07) is 6.80. The number of hydrogen-bond donors (Lipinski definition) is 3. The van der Waals surface area contributed by atoms with Gasteiger partial charge in [-0.05, 0) is 18.2 Å². The third-order valence-corrected chi connectivity index (χ3v) is 6.12. The second-order valence-corrected chi connectivity index (χ2v) is 7.87. The van der Waals surface area contributed by atoms with Crippen molar-refractivity contribution in [3.05, 3.63) is 49.6 Å². The first-order valence-electron chi connectivity index (χ1n) is 7.38. The summed E-state index contributed by atoms with van der Waals surface area (Å²) in [7, 11) is 1.47. The van der Waals surface area contributed by atoms with Crippen LogP contribution < -0.4 is 21.3 Å². The van der Waals surface area contributed by atoms with Gasteiger partial charge in [-0.25, -0.2) is 4.79 Å². The molecule has 0 radical (unpaired) electrons. The number of ether oxygens (including phenoxy) is 1. The first-order valence-corrected chi connectivity index (χ1v) is 9.56. The SMILES string of the molecule is COc1ccc(Cl)cc1NC(=O)CSc1sc2c(=O)[nH]c(=O)[nH]c2c1C#N. The molecule has 0 aliphatic rings. The average Bonchev–Trinajstić information content (AvgIpc) is 2.98. The molecular weight excluding hydrogens is 412 g/mol. The molecule has 0 atom stereocenters. The summed E-state index contributed by atoms with van der Waals surface area (Å²) in [6.45, 7) is 0. The summed E-state index contributed by atoms with van der Waals surface area (Å²) in [5, 5.41) is 12.5. The van der Waals surface area contributed by atoms with Gasteiger partial charge in [-0.3, -0.25) is 14.6 Å². The highest BCUT2D eigenvalue weighted by molar-refractivity contribution is 8.02. The van der Waals surface area contributed by atoms with Gasteiger partial charge < -0.3 is 15.0 Å². The van der Waals surface area contributed by atoms with E-state index in [1.54, 1.807) is 18.2 Å². The zero-order valence-electron chi connectivity index (χ0n) is 13.7. The van der Waals surface area contributed by atoms with Gasteiger partial charge in [-0.15, -0.1) is 23.1 Å². The maximum Gasteiger partial charge on any atom is 0.326 e. The van der Waals surface area contributed by atoms with Crippen molar-refractivity contribution in [1.82, 2.24) is 9.97 Å². The summed E-state index contributed by atoms with van der Waals surface area (Å²) in [5.74, 6) is 0.102. The van der Waals surface area contributed by atoms with Crippen LogP contribution in [0.5, 0.6) is 5.75 Å². The Morgan fingerprint density at radius 1 is 1.41 bits per heavy atom. The van der Waals surface area contributed by atoms with Crippen LogP contribution in [0.3, 0.4) is 0 Å². The smallest absolute Gasteiger partial charge is 0.326 e. The van der Waals surface area contributed by atoms with Gasteiger partial charge in [0.1, 0.15) is 22.1 Å². The number of nitrogens with one attached hydrogen (secondary N) is 3. The molecule has 2 heterocycles. The fourth-order valence-electron chi connectivity index (χ4n) is 2.29. The number of aromatic amines is 2. The van der Waals surface area contributed by atoms with Gasteiger partial charge in [0.15, 0.2) is 0 Å². The number of aromatic nitrogens is 2. The summed E-state index contributed by atoms with van der Waals surface area (Å²) in [6.07, 6.45) is 0. The van der Waals surface area contributed by atoms with Gasteiger partial charge >= 0.3 is 5.69 Å². The minimum Gasteiger partial charge on any atom is -0.495 e. The first kappa shape index (κ1) is 19.0. The fraction of sp³-hybridized carbons (Fsp3) is 0.125. The Morgan fingerprint density at radius 3 is 2.89 bits per heavy atom. The molecule has 3 N–H and O–H groups in total. The number of amides is 1. The summed E-state index contributed by atoms with van der Waals surface area (Å²) < 4.78 is 5.86. The zero-order valence-corrected chi connectivity index (χ0v) is 16.1. The largest absolute Gasteiger partial charge is 0.495 e. The Balaban J connectivity index is 1.81. The van der Waals surface area contributed by atoms with E-state index in [0.717, 1.165) is 23.1 Å². The molecule has 8 nitrogen and oxygen atoms in total. The predicted molar refractivity (Wildman–Crippen MR) is 105 cm³/mol. The Labute approximate surface area is 165 Å². The van der Waals surface area contributed by atoms with E-state index in [0.29, 0.717) is 20.7 Å². The maximum absolute atomic E-state index is 12.3. The molecule has 0 saturated carbocycles. The van der Waals surface area contributed by atoms with Crippen LogP contribution in [0.25, 0.3) is 10.2 Å². The normalized spacial score (nSPS) is 10.6. The molecule has 11 heteroatoms. The van der Waals surface area contributed by atoms with Crippen molar-refractivity contribution < 1.29 is 9.53 Å². The second kappa shape index (κ2) is 7.87. The van der Waals surface area contributed by atoms with E-state index < -0.39 is 11.2 Å². The molecule has 0 aliphatic heterocycles. The number of hydrogen-bond acceptors (Lipinski definition) is 7. The number of fused-ring (bicyclic) bond motifs is 1. The lowest BCUT2D eigenvalue weighted by Crippen LogP contribution is -2.20. The lowest BCUT2D eigenvalue weighted by atomic mass is 10.3. The standard InChI is InChI=1S/C16H11ClN4O4S2/c1-25-10-3-2-7(17)4-9(10)19-11(22)6-26-15-8(5-18)12-13(27-15)14(23)21-16(24)20-12/h2-4H,6H2,1H3,(H,19,22)(H2,20,21,23,24). The number of thioether (sulfide) groups is 1. The molecule has 138 valence electrons. The molecule has 0 aliphatic carbocycles. The van der Waals surface area contributed by atoms with Crippen LogP contribution in [0.2, 0.25) is 5.02 Å². The molecule has 0 spiro atoms. The van der Waals surface area contributed by atoms with E-state index >= 15 is 0 Å². The predicted octanol–water partition coefficient (Wildman–Crippen LogP) is 2.54. The van der Waals surface area contributed by atoms with Crippen LogP contribution in [0.15, 0.2) is 32.0 Å². The Bertz CT molecular complexity index is 1190. The molecule has 0 unspecified atom stereocenters. The fourth-order valence-corrected chi connectivity index (χ4v) is 4.59. The molecule has 27 heavy (non-hydrogen) atoms. The number of rotatable bonds is 5. The molecule has 0 fully saturated rings.